The molecule has 1 saturated heterocycles. The summed E-state index contributed by atoms with van der Waals surface area (Å²) in [7, 11) is 6.62. The van der Waals surface area contributed by atoms with E-state index in [1.807, 2.05) is 0 Å². The lowest BCUT2D eigenvalue weighted by molar-refractivity contribution is 0.205. The zero-order valence-corrected chi connectivity index (χ0v) is 12.4. The predicted molar refractivity (Wildman–Crippen MR) is 75.5 cm³/mol. The summed E-state index contributed by atoms with van der Waals surface area (Å²) in [6.07, 6.45) is 3.89. The first-order valence-electron chi connectivity index (χ1n) is 7.07. The highest BCUT2D eigenvalue weighted by atomic mass is 15.1. The minimum Gasteiger partial charge on any atom is -0.312 e. The van der Waals surface area contributed by atoms with Crippen molar-refractivity contribution in [3.63, 3.8) is 0 Å². The molecule has 0 aromatic rings. The van der Waals surface area contributed by atoms with Crippen LogP contribution < -0.4 is 5.32 Å². The molecule has 1 unspecified atom stereocenters. The summed E-state index contributed by atoms with van der Waals surface area (Å²) < 4.78 is 0. The Morgan fingerprint density at radius 1 is 1.24 bits per heavy atom. The summed E-state index contributed by atoms with van der Waals surface area (Å²) >= 11 is 0. The minimum absolute atomic E-state index is 0.676. The summed E-state index contributed by atoms with van der Waals surface area (Å²) in [6, 6.07) is 1.41. The van der Waals surface area contributed by atoms with E-state index >= 15 is 0 Å². The van der Waals surface area contributed by atoms with Crippen LogP contribution in [0.15, 0.2) is 0 Å². The molecule has 0 amide bonds. The Bertz CT molecular complexity index is 196. The Morgan fingerprint density at radius 3 is 2.29 bits per heavy atom. The second-order valence-corrected chi connectivity index (χ2v) is 6.23. The molecule has 1 N–H and O–H groups in total. The van der Waals surface area contributed by atoms with Crippen LogP contribution in [0.3, 0.4) is 0 Å². The van der Waals surface area contributed by atoms with Gasteiger partial charge in [0.2, 0.25) is 0 Å². The Hall–Kier alpha value is -0.120. The molecule has 3 nitrogen and oxygen atoms in total. The average molecular weight is 241 g/mol. The van der Waals surface area contributed by atoms with E-state index in [1.165, 1.54) is 32.4 Å². The molecule has 17 heavy (non-hydrogen) atoms. The Labute approximate surface area is 108 Å². The Morgan fingerprint density at radius 2 is 1.82 bits per heavy atom. The van der Waals surface area contributed by atoms with Crippen molar-refractivity contribution in [1.29, 1.82) is 0 Å². The van der Waals surface area contributed by atoms with Gasteiger partial charge < -0.3 is 15.1 Å². The summed E-state index contributed by atoms with van der Waals surface area (Å²) in [4.78, 5) is 4.79. The van der Waals surface area contributed by atoms with Crippen molar-refractivity contribution in [2.45, 2.75) is 45.2 Å². The minimum atomic E-state index is 0.676. The van der Waals surface area contributed by atoms with Crippen LogP contribution in [-0.4, -0.2) is 62.7 Å². The van der Waals surface area contributed by atoms with Crippen LogP contribution in [0.25, 0.3) is 0 Å². The third-order valence-electron chi connectivity index (χ3n) is 3.83. The van der Waals surface area contributed by atoms with Crippen molar-refractivity contribution in [1.82, 2.24) is 15.1 Å². The molecule has 0 spiro atoms. The van der Waals surface area contributed by atoms with Crippen molar-refractivity contribution < 1.29 is 0 Å². The molecular formula is C14H31N3. The molecule has 102 valence electrons. The van der Waals surface area contributed by atoms with E-state index in [-0.39, 0.29) is 0 Å². The van der Waals surface area contributed by atoms with Crippen molar-refractivity contribution in [2.75, 3.05) is 40.8 Å². The molecule has 1 atom stereocenters. The van der Waals surface area contributed by atoms with Gasteiger partial charge in [-0.2, -0.15) is 0 Å². The molecule has 1 aliphatic rings. The zero-order valence-electron chi connectivity index (χ0n) is 12.4. The second-order valence-electron chi connectivity index (χ2n) is 6.23. The number of hydrogen-bond acceptors (Lipinski definition) is 3. The van der Waals surface area contributed by atoms with Gasteiger partial charge in [0.1, 0.15) is 0 Å². The van der Waals surface area contributed by atoms with Crippen LogP contribution in [0.2, 0.25) is 0 Å². The lowest BCUT2D eigenvalue weighted by atomic mass is 10.0. The van der Waals surface area contributed by atoms with E-state index < -0.39 is 0 Å². The van der Waals surface area contributed by atoms with Gasteiger partial charge in [-0.15, -0.1) is 0 Å². The molecule has 0 aromatic heterocycles. The average Bonchev–Trinajstić information content (AvgIpc) is 2.25. The Balaban J connectivity index is 2.26. The SMILES string of the molecule is CC(C)CC(CNC1CCN(C)CC1)N(C)C. The molecule has 0 aromatic carbocycles. The fourth-order valence-electron chi connectivity index (χ4n) is 2.54. The molecular weight excluding hydrogens is 210 g/mol. The van der Waals surface area contributed by atoms with E-state index in [4.69, 9.17) is 0 Å². The van der Waals surface area contributed by atoms with Crippen molar-refractivity contribution in [2.24, 2.45) is 5.92 Å². The second kappa shape index (κ2) is 7.34. The third-order valence-corrected chi connectivity index (χ3v) is 3.83. The first-order valence-corrected chi connectivity index (χ1v) is 7.07. The number of nitrogens with zero attached hydrogens (tertiary/aromatic N) is 2. The van der Waals surface area contributed by atoms with Gasteiger partial charge in [-0.05, 0) is 59.4 Å². The van der Waals surface area contributed by atoms with Gasteiger partial charge in [-0.3, -0.25) is 0 Å². The number of likely N-dealkylation sites (tertiary alicyclic amines) is 1. The van der Waals surface area contributed by atoms with Crippen LogP contribution in [-0.2, 0) is 0 Å². The van der Waals surface area contributed by atoms with E-state index in [9.17, 15) is 0 Å². The predicted octanol–water partition coefficient (Wildman–Crippen LogP) is 1.65. The largest absolute Gasteiger partial charge is 0.312 e. The number of hydrogen-bond donors (Lipinski definition) is 1. The Kier molecular flexibility index (Phi) is 6.45. The third kappa shape index (κ3) is 5.84. The summed E-state index contributed by atoms with van der Waals surface area (Å²) in [6.45, 7) is 8.25. The first-order chi connectivity index (χ1) is 7.99. The van der Waals surface area contributed by atoms with Gasteiger partial charge >= 0.3 is 0 Å². The van der Waals surface area contributed by atoms with E-state index in [1.54, 1.807) is 0 Å². The van der Waals surface area contributed by atoms with Gasteiger partial charge in [-0.1, -0.05) is 13.8 Å². The number of piperidine rings is 1. The fraction of sp³-hybridized carbons (Fsp3) is 1.00. The van der Waals surface area contributed by atoms with Crippen LogP contribution >= 0.6 is 0 Å². The molecule has 1 fully saturated rings. The first kappa shape index (κ1) is 14.9. The molecule has 0 bridgehead atoms. The fourth-order valence-corrected chi connectivity index (χ4v) is 2.54. The van der Waals surface area contributed by atoms with E-state index in [2.05, 4.69) is 50.1 Å². The number of rotatable bonds is 6. The van der Waals surface area contributed by atoms with Gasteiger partial charge in [-0.25, -0.2) is 0 Å². The van der Waals surface area contributed by atoms with E-state index in [0.29, 0.717) is 6.04 Å². The standard InChI is InChI=1S/C14H31N3/c1-12(2)10-14(16(3)4)11-15-13-6-8-17(5)9-7-13/h12-15H,6-11H2,1-5H3. The maximum absolute atomic E-state index is 3.76. The van der Waals surface area contributed by atoms with Crippen LogP contribution in [0.4, 0.5) is 0 Å². The lowest BCUT2D eigenvalue weighted by Crippen LogP contribution is -2.46. The summed E-state index contributed by atoms with van der Waals surface area (Å²) in [5.41, 5.74) is 0. The highest BCUT2D eigenvalue weighted by Crippen LogP contribution is 2.11. The molecule has 0 radical (unpaired) electrons. The normalized spacial score (nSPS) is 21.4. The molecule has 1 heterocycles. The van der Waals surface area contributed by atoms with Crippen LogP contribution in [0, 0.1) is 5.92 Å². The van der Waals surface area contributed by atoms with Crippen molar-refractivity contribution in [3.05, 3.63) is 0 Å². The molecule has 0 saturated carbocycles. The van der Waals surface area contributed by atoms with Crippen LogP contribution in [0.5, 0.6) is 0 Å². The topological polar surface area (TPSA) is 18.5 Å². The van der Waals surface area contributed by atoms with Crippen molar-refractivity contribution >= 4 is 0 Å². The zero-order chi connectivity index (χ0) is 12.8. The summed E-state index contributed by atoms with van der Waals surface area (Å²) in [5, 5.41) is 3.76. The molecule has 1 aliphatic heterocycles. The maximum Gasteiger partial charge on any atom is 0.0217 e. The maximum atomic E-state index is 3.76. The van der Waals surface area contributed by atoms with E-state index in [0.717, 1.165) is 18.5 Å². The lowest BCUT2D eigenvalue weighted by Gasteiger charge is -2.33. The molecule has 0 aliphatic carbocycles. The molecule has 3 heteroatoms. The quantitative estimate of drug-likeness (QED) is 0.763. The monoisotopic (exact) mass is 241 g/mol. The van der Waals surface area contributed by atoms with Gasteiger partial charge in [0.15, 0.2) is 0 Å². The van der Waals surface area contributed by atoms with Gasteiger partial charge in [0.25, 0.3) is 0 Å². The molecule has 1 rings (SSSR count). The highest BCUT2D eigenvalue weighted by molar-refractivity contribution is 4.79. The van der Waals surface area contributed by atoms with Crippen LogP contribution in [0.1, 0.15) is 33.1 Å². The van der Waals surface area contributed by atoms with Crippen molar-refractivity contribution in [3.8, 4) is 0 Å². The number of nitrogens with one attached hydrogen (secondary N) is 1. The summed E-state index contributed by atoms with van der Waals surface area (Å²) in [5.74, 6) is 0.779. The number of likely N-dealkylation sites (N-methyl/N-ethyl adjacent to an activating group) is 1. The van der Waals surface area contributed by atoms with Gasteiger partial charge in [0, 0.05) is 18.6 Å². The smallest absolute Gasteiger partial charge is 0.0217 e. The van der Waals surface area contributed by atoms with Gasteiger partial charge in [0.05, 0.1) is 0 Å². The highest BCUT2D eigenvalue weighted by Gasteiger charge is 2.19.